The predicted octanol–water partition coefficient (Wildman–Crippen LogP) is 4.53. The van der Waals surface area contributed by atoms with Crippen molar-refractivity contribution in [2.24, 2.45) is 0 Å². The van der Waals surface area contributed by atoms with Crippen molar-refractivity contribution in [2.45, 2.75) is 13.0 Å². The van der Waals surface area contributed by atoms with Gasteiger partial charge >= 0.3 is 0 Å². The zero-order chi connectivity index (χ0) is 13.1. The predicted molar refractivity (Wildman–Crippen MR) is 73.3 cm³/mol. The van der Waals surface area contributed by atoms with Crippen LogP contribution in [0.1, 0.15) is 24.3 Å². The zero-order valence-electron chi connectivity index (χ0n) is 9.71. The molecule has 2 aromatic rings. The number of hydrogen-bond acceptors (Lipinski definition) is 2. The summed E-state index contributed by atoms with van der Waals surface area (Å²) in [5.74, 6) is 0.301. The molecule has 2 rings (SSSR count). The summed E-state index contributed by atoms with van der Waals surface area (Å²) in [5, 5.41) is 3.58. The summed E-state index contributed by atoms with van der Waals surface area (Å²) in [6.45, 7) is 2.65. The Hall–Kier alpha value is -0.840. The molecule has 0 aliphatic carbocycles. The molecule has 96 valence electrons. The van der Waals surface area contributed by atoms with Crippen LogP contribution in [0.4, 0.5) is 4.39 Å². The van der Waals surface area contributed by atoms with Crippen molar-refractivity contribution in [3.8, 4) is 0 Å². The van der Waals surface area contributed by atoms with Crippen LogP contribution in [0.25, 0.3) is 0 Å². The number of rotatable bonds is 4. The Labute approximate surface area is 118 Å². The number of benzene rings is 1. The van der Waals surface area contributed by atoms with Gasteiger partial charge in [0.2, 0.25) is 0 Å². The van der Waals surface area contributed by atoms with Gasteiger partial charge in [0, 0.05) is 10.6 Å². The van der Waals surface area contributed by atoms with Gasteiger partial charge in [-0.1, -0.05) is 24.6 Å². The molecule has 0 fully saturated rings. The molecule has 1 heterocycles. The maximum atomic E-state index is 14.0. The van der Waals surface area contributed by atoms with E-state index >= 15 is 0 Å². The molecule has 0 saturated carbocycles. The van der Waals surface area contributed by atoms with Crippen LogP contribution in [0.3, 0.4) is 0 Å². The van der Waals surface area contributed by atoms with Gasteiger partial charge in [0.25, 0.3) is 0 Å². The highest BCUT2D eigenvalue weighted by molar-refractivity contribution is 9.10. The third-order valence-electron chi connectivity index (χ3n) is 2.59. The summed E-state index contributed by atoms with van der Waals surface area (Å²) in [7, 11) is 0. The lowest BCUT2D eigenvalue weighted by Crippen LogP contribution is -2.22. The maximum absolute atomic E-state index is 14.0. The Kier molecular flexibility index (Phi) is 4.43. The van der Waals surface area contributed by atoms with E-state index in [-0.39, 0.29) is 11.9 Å². The Morgan fingerprint density at radius 3 is 2.78 bits per heavy atom. The SMILES string of the molecule is CCNC(c1ccc(Cl)cc1F)c1occc1Br. The average molecular weight is 333 g/mol. The first-order valence-corrected chi connectivity index (χ1v) is 6.71. The lowest BCUT2D eigenvalue weighted by molar-refractivity contribution is 0.439. The van der Waals surface area contributed by atoms with Gasteiger partial charge in [0.1, 0.15) is 11.6 Å². The van der Waals surface area contributed by atoms with Crippen molar-refractivity contribution < 1.29 is 8.81 Å². The fourth-order valence-electron chi connectivity index (χ4n) is 1.80. The van der Waals surface area contributed by atoms with Gasteiger partial charge in [-0.15, -0.1) is 0 Å². The summed E-state index contributed by atoms with van der Waals surface area (Å²) in [6, 6.07) is 6.09. The summed E-state index contributed by atoms with van der Waals surface area (Å²) >= 11 is 9.15. The van der Waals surface area contributed by atoms with Crippen LogP contribution in [-0.4, -0.2) is 6.54 Å². The van der Waals surface area contributed by atoms with E-state index in [2.05, 4.69) is 21.2 Å². The molecule has 0 aliphatic heterocycles. The molecule has 1 unspecified atom stereocenters. The minimum Gasteiger partial charge on any atom is -0.466 e. The Bertz CT molecular complexity index is 544. The van der Waals surface area contributed by atoms with Gasteiger partial charge in [-0.25, -0.2) is 4.39 Å². The number of nitrogens with one attached hydrogen (secondary N) is 1. The minimum atomic E-state index is -0.350. The third-order valence-corrected chi connectivity index (χ3v) is 3.48. The summed E-state index contributed by atoms with van der Waals surface area (Å²) in [5.41, 5.74) is 0.511. The van der Waals surface area contributed by atoms with E-state index in [1.807, 2.05) is 6.92 Å². The number of halogens is 3. The quantitative estimate of drug-likeness (QED) is 0.889. The fourth-order valence-corrected chi connectivity index (χ4v) is 2.38. The summed E-state index contributed by atoms with van der Waals surface area (Å²) < 4.78 is 20.2. The first kappa shape index (κ1) is 13.6. The number of furan rings is 1. The van der Waals surface area contributed by atoms with E-state index in [4.69, 9.17) is 16.0 Å². The standard InChI is InChI=1S/C13H12BrClFNO/c1-2-17-12(13-10(14)5-6-18-13)9-4-3-8(15)7-11(9)16/h3-7,12,17H,2H2,1H3. The molecular formula is C13H12BrClFNO. The molecule has 1 N–H and O–H groups in total. The minimum absolute atomic E-state index is 0.336. The molecule has 0 bridgehead atoms. The summed E-state index contributed by atoms with van der Waals surface area (Å²) in [4.78, 5) is 0. The van der Waals surface area contributed by atoms with Crippen LogP contribution in [-0.2, 0) is 0 Å². The molecule has 0 spiro atoms. The molecule has 5 heteroatoms. The Morgan fingerprint density at radius 2 is 2.22 bits per heavy atom. The van der Waals surface area contributed by atoms with Crippen LogP contribution < -0.4 is 5.32 Å². The third kappa shape index (κ3) is 2.76. The molecule has 0 aliphatic rings. The van der Waals surface area contributed by atoms with Crippen molar-refractivity contribution in [1.82, 2.24) is 5.32 Å². The lowest BCUT2D eigenvalue weighted by atomic mass is 10.0. The van der Waals surface area contributed by atoms with Gasteiger partial charge in [0.15, 0.2) is 0 Å². The second-order valence-corrected chi connectivity index (χ2v) is 5.08. The van der Waals surface area contributed by atoms with E-state index in [1.165, 1.54) is 6.07 Å². The monoisotopic (exact) mass is 331 g/mol. The van der Waals surface area contributed by atoms with Crippen LogP contribution >= 0.6 is 27.5 Å². The molecule has 1 atom stereocenters. The first-order valence-electron chi connectivity index (χ1n) is 5.54. The maximum Gasteiger partial charge on any atom is 0.139 e. The Balaban J connectivity index is 2.45. The van der Waals surface area contributed by atoms with Crippen LogP contribution in [0.2, 0.25) is 5.02 Å². The normalized spacial score (nSPS) is 12.7. The van der Waals surface area contributed by atoms with Crippen LogP contribution in [0.5, 0.6) is 0 Å². The van der Waals surface area contributed by atoms with Gasteiger partial charge in [-0.05, 0) is 40.7 Å². The van der Waals surface area contributed by atoms with Gasteiger partial charge in [-0.3, -0.25) is 0 Å². The second-order valence-electron chi connectivity index (χ2n) is 3.79. The molecule has 18 heavy (non-hydrogen) atoms. The topological polar surface area (TPSA) is 25.2 Å². The Morgan fingerprint density at radius 1 is 1.44 bits per heavy atom. The van der Waals surface area contributed by atoms with E-state index in [1.54, 1.807) is 24.5 Å². The highest BCUT2D eigenvalue weighted by Crippen LogP contribution is 2.31. The smallest absolute Gasteiger partial charge is 0.139 e. The highest BCUT2D eigenvalue weighted by Gasteiger charge is 2.22. The second kappa shape index (κ2) is 5.87. The van der Waals surface area contributed by atoms with E-state index in [0.717, 1.165) is 4.47 Å². The average Bonchev–Trinajstić information content (AvgIpc) is 2.73. The van der Waals surface area contributed by atoms with E-state index in [9.17, 15) is 4.39 Å². The van der Waals surface area contributed by atoms with Gasteiger partial charge in [0.05, 0.1) is 16.8 Å². The van der Waals surface area contributed by atoms with Crippen LogP contribution in [0, 0.1) is 5.82 Å². The molecular weight excluding hydrogens is 321 g/mol. The summed E-state index contributed by atoms with van der Waals surface area (Å²) in [6.07, 6.45) is 1.57. The molecule has 1 aromatic carbocycles. The molecule has 0 saturated heterocycles. The largest absolute Gasteiger partial charge is 0.466 e. The van der Waals surface area contributed by atoms with Gasteiger partial charge < -0.3 is 9.73 Å². The van der Waals surface area contributed by atoms with E-state index in [0.29, 0.717) is 22.9 Å². The lowest BCUT2D eigenvalue weighted by Gasteiger charge is -2.17. The highest BCUT2D eigenvalue weighted by atomic mass is 79.9. The molecule has 0 radical (unpaired) electrons. The zero-order valence-corrected chi connectivity index (χ0v) is 12.1. The van der Waals surface area contributed by atoms with Crippen molar-refractivity contribution in [2.75, 3.05) is 6.54 Å². The first-order chi connectivity index (χ1) is 8.63. The van der Waals surface area contributed by atoms with Crippen molar-refractivity contribution in [3.05, 3.63) is 57.2 Å². The van der Waals surface area contributed by atoms with Crippen molar-refractivity contribution in [1.29, 1.82) is 0 Å². The fraction of sp³-hybridized carbons (Fsp3) is 0.231. The number of hydrogen-bond donors (Lipinski definition) is 1. The van der Waals surface area contributed by atoms with Crippen LogP contribution in [0.15, 0.2) is 39.4 Å². The van der Waals surface area contributed by atoms with E-state index < -0.39 is 0 Å². The molecule has 2 nitrogen and oxygen atoms in total. The van der Waals surface area contributed by atoms with Crippen molar-refractivity contribution >= 4 is 27.5 Å². The van der Waals surface area contributed by atoms with Gasteiger partial charge in [-0.2, -0.15) is 0 Å². The van der Waals surface area contributed by atoms with Crippen molar-refractivity contribution in [3.63, 3.8) is 0 Å². The molecule has 1 aromatic heterocycles. The molecule has 0 amide bonds.